The Morgan fingerprint density at radius 3 is 2.71 bits per heavy atom. The molecule has 2 aromatic heterocycles. The second-order valence-electron chi connectivity index (χ2n) is 5.76. The SMILES string of the molecule is COc1ccc(-n2ccc(=O)c(C(=O)Nc3nc4ccc(F)cc4s3)n2)cc1. The molecular weight excluding hydrogens is 383 g/mol. The van der Waals surface area contributed by atoms with Gasteiger partial charge in [0.2, 0.25) is 5.43 Å². The highest BCUT2D eigenvalue weighted by Gasteiger charge is 2.16. The number of benzene rings is 2. The summed E-state index contributed by atoms with van der Waals surface area (Å²) in [7, 11) is 1.56. The normalized spacial score (nSPS) is 10.8. The number of rotatable bonds is 4. The van der Waals surface area contributed by atoms with E-state index in [0.717, 1.165) is 11.3 Å². The van der Waals surface area contributed by atoms with E-state index in [4.69, 9.17) is 4.74 Å². The lowest BCUT2D eigenvalue weighted by Gasteiger charge is -2.08. The predicted molar refractivity (Wildman–Crippen MR) is 104 cm³/mol. The minimum Gasteiger partial charge on any atom is -0.497 e. The number of ether oxygens (including phenoxy) is 1. The van der Waals surface area contributed by atoms with Crippen molar-refractivity contribution in [2.45, 2.75) is 0 Å². The zero-order chi connectivity index (χ0) is 19.7. The van der Waals surface area contributed by atoms with Crippen molar-refractivity contribution in [1.29, 1.82) is 0 Å². The predicted octanol–water partition coefficient (Wildman–Crippen LogP) is 3.24. The molecule has 0 aliphatic heterocycles. The van der Waals surface area contributed by atoms with Crippen LogP contribution in [0.3, 0.4) is 0 Å². The van der Waals surface area contributed by atoms with Crippen molar-refractivity contribution in [1.82, 2.24) is 14.8 Å². The van der Waals surface area contributed by atoms with Gasteiger partial charge in [-0.05, 0) is 42.5 Å². The maximum Gasteiger partial charge on any atom is 0.281 e. The Labute approximate surface area is 162 Å². The van der Waals surface area contributed by atoms with Crippen molar-refractivity contribution in [3.8, 4) is 11.4 Å². The van der Waals surface area contributed by atoms with Gasteiger partial charge in [-0.15, -0.1) is 0 Å². The minimum atomic E-state index is -0.688. The highest BCUT2D eigenvalue weighted by Crippen LogP contribution is 2.26. The third-order valence-electron chi connectivity index (χ3n) is 3.93. The van der Waals surface area contributed by atoms with E-state index >= 15 is 0 Å². The summed E-state index contributed by atoms with van der Waals surface area (Å²) in [5.74, 6) is -0.399. The summed E-state index contributed by atoms with van der Waals surface area (Å²) in [6, 6.07) is 12.4. The summed E-state index contributed by atoms with van der Waals surface area (Å²) in [6.07, 6.45) is 1.47. The minimum absolute atomic E-state index is 0.256. The third-order valence-corrected chi connectivity index (χ3v) is 4.86. The number of aromatic nitrogens is 3. The van der Waals surface area contributed by atoms with E-state index < -0.39 is 11.3 Å². The van der Waals surface area contributed by atoms with E-state index in [0.29, 0.717) is 21.7 Å². The number of nitrogens with zero attached hydrogens (tertiary/aromatic N) is 3. The molecule has 2 heterocycles. The molecule has 2 aromatic carbocycles. The van der Waals surface area contributed by atoms with Gasteiger partial charge in [-0.25, -0.2) is 14.1 Å². The number of methoxy groups -OCH3 is 1. The average molecular weight is 396 g/mol. The Balaban J connectivity index is 1.63. The number of amides is 1. The van der Waals surface area contributed by atoms with Gasteiger partial charge >= 0.3 is 0 Å². The molecule has 0 fully saturated rings. The number of carbonyl (C=O) groups excluding carboxylic acids is 1. The second kappa shape index (κ2) is 7.20. The number of carbonyl (C=O) groups is 1. The summed E-state index contributed by atoms with van der Waals surface area (Å²) in [5.41, 5.74) is 0.418. The molecular formula is C19H13FN4O3S. The number of halogens is 1. The van der Waals surface area contributed by atoms with Crippen LogP contribution in [0.1, 0.15) is 10.5 Å². The van der Waals surface area contributed by atoms with Crippen LogP contribution in [-0.4, -0.2) is 27.8 Å². The van der Waals surface area contributed by atoms with Crippen LogP contribution in [0.2, 0.25) is 0 Å². The van der Waals surface area contributed by atoms with Crippen molar-refractivity contribution < 1.29 is 13.9 Å². The van der Waals surface area contributed by atoms with E-state index in [2.05, 4.69) is 15.4 Å². The first kappa shape index (κ1) is 17.8. The first-order valence-electron chi connectivity index (χ1n) is 8.15. The van der Waals surface area contributed by atoms with Gasteiger partial charge in [0.25, 0.3) is 5.91 Å². The molecule has 0 spiro atoms. The van der Waals surface area contributed by atoms with E-state index in [1.165, 1.54) is 35.1 Å². The number of thiazole rings is 1. The molecule has 0 saturated heterocycles. The maximum absolute atomic E-state index is 13.3. The number of anilines is 1. The Bertz CT molecular complexity index is 1230. The van der Waals surface area contributed by atoms with Gasteiger partial charge in [-0.3, -0.25) is 14.9 Å². The number of nitrogens with one attached hydrogen (secondary N) is 1. The standard InChI is InChI=1S/C19H13FN4O3S/c1-27-13-5-3-12(4-6-13)24-9-8-15(25)17(23-24)18(26)22-19-21-14-7-2-11(20)10-16(14)28-19/h2-10H,1H3,(H,21,22,26). The molecule has 28 heavy (non-hydrogen) atoms. The van der Waals surface area contributed by atoms with Crippen LogP contribution in [-0.2, 0) is 0 Å². The van der Waals surface area contributed by atoms with Gasteiger partial charge in [-0.2, -0.15) is 5.10 Å². The van der Waals surface area contributed by atoms with Gasteiger partial charge in [-0.1, -0.05) is 11.3 Å². The smallest absolute Gasteiger partial charge is 0.281 e. The monoisotopic (exact) mass is 396 g/mol. The first-order valence-corrected chi connectivity index (χ1v) is 8.97. The zero-order valence-electron chi connectivity index (χ0n) is 14.5. The van der Waals surface area contributed by atoms with Crippen LogP contribution in [0.5, 0.6) is 5.75 Å². The lowest BCUT2D eigenvalue weighted by molar-refractivity contribution is 0.101. The molecule has 1 N–H and O–H groups in total. The average Bonchev–Trinajstić information content (AvgIpc) is 3.09. The number of fused-ring (bicyclic) bond motifs is 1. The fourth-order valence-electron chi connectivity index (χ4n) is 2.55. The molecule has 4 rings (SSSR count). The van der Waals surface area contributed by atoms with Crippen LogP contribution in [0.25, 0.3) is 15.9 Å². The number of hydrogen-bond acceptors (Lipinski definition) is 6. The molecule has 0 radical (unpaired) electrons. The molecule has 0 saturated carbocycles. The van der Waals surface area contributed by atoms with Crippen molar-refractivity contribution in [2.24, 2.45) is 0 Å². The molecule has 9 heteroatoms. The number of hydrogen-bond donors (Lipinski definition) is 1. The quantitative estimate of drug-likeness (QED) is 0.572. The second-order valence-corrected chi connectivity index (χ2v) is 6.79. The first-order chi connectivity index (χ1) is 13.5. The highest BCUT2D eigenvalue weighted by atomic mass is 32.1. The molecule has 0 unspecified atom stereocenters. The Morgan fingerprint density at radius 2 is 1.96 bits per heavy atom. The largest absolute Gasteiger partial charge is 0.497 e. The summed E-state index contributed by atoms with van der Waals surface area (Å²) in [5, 5.41) is 6.94. The van der Waals surface area contributed by atoms with Crippen LogP contribution < -0.4 is 15.5 Å². The van der Waals surface area contributed by atoms with Crippen molar-refractivity contribution in [2.75, 3.05) is 12.4 Å². The Kier molecular flexibility index (Phi) is 4.58. The van der Waals surface area contributed by atoms with Crippen LogP contribution >= 0.6 is 11.3 Å². The molecule has 7 nitrogen and oxygen atoms in total. The lowest BCUT2D eigenvalue weighted by Crippen LogP contribution is -2.25. The summed E-state index contributed by atoms with van der Waals surface area (Å²) in [6.45, 7) is 0. The zero-order valence-corrected chi connectivity index (χ0v) is 15.4. The highest BCUT2D eigenvalue weighted by molar-refractivity contribution is 7.22. The van der Waals surface area contributed by atoms with Crippen LogP contribution in [0, 0.1) is 5.82 Å². The van der Waals surface area contributed by atoms with Gasteiger partial charge in [0, 0.05) is 12.3 Å². The summed E-state index contributed by atoms with van der Waals surface area (Å²) >= 11 is 1.11. The maximum atomic E-state index is 13.3. The van der Waals surface area contributed by atoms with E-state index in [-0.39, 0.29) is 16.6 Å². The van der Waals surface area contributed by atoms with Gasteiger partial charge < -0.3 is 4.74 Å². The molecule has 1 amide bonds. The van der Waals surface area contributed by atoms with Crippen molar-refractivity contribution in [3.63, 3.8) is 0 Å². The van der Waals surface area contributed by atoms with Crippen LogP contribution in [0.15, 0.2) is 59.5 Å². The van der Waals surface area contributed by atoms with E-state index in [1.807, 2.05) is 0 Å². The Morgan fingerprint density at radius 1 is 1.18 bits per heavy atom. The molecule has 4 aromatic rings. The van der Waals surface area contributed by atoms with E-state index in [9.17, 15) is 14.0 Å². The lowest BCUT2D eigenvalue weighted by atomic mass is 10.3. The van der Waals surface area contributed by atoms with Crippen molar-refractivity contribution >= 4 is 32.6 Å². The topological polar surface area (TPSA) is 86.1 Å². The molecule has 0 aliphatic rings. The fourth-order valence-corrected chi connectivity index (χ4v) is 3.44. The molecule has 0 bridgehead atoms. The summed E-state index contributed by atoms with van der Waals surface area (Å²) < 4.78 is 20.4. The van der Waals surface area contributed by atoms with Gasteiger partial charge in [0.05, 0.1) is 23.0 Å². The van der Waals surface area contributed by atoms with E-state index in [1.54, 1.807) is 31.4 Å². The Hall–Kier alpha value is -3.59. The molecule has 0 aliphatic carbocycles. The summed E-state index contributed by atoms with van der Waals surface area (Å²) in [4.78, 5) is 28.9. The molecule has 140 valence electrons. The third kappa shape index (κ3) is 3.47. The van der Waals surface area contributed by atoms with Crippen molar-refractivity contribution in [3.05, 3.63) is 76.5 Å². The fraction of sp³-hybridized carbons (Fsp3) is 0.0526. The van der Waals surface area contributed by atoms with Gasteiger partial charge in [0.15, 0.2) is 10.8 Å². The van der Waals surface area contributed by atoms with Gasteiger partial charge in [0.1, 0.15) is 11.6 Å². The van der Waals surface area contributed by atoms with Crippen LogP contribution in [0.4, 0.5) is 9.52 Å². The molecule has 0 atom stereocenters.